The number of nitrogens with zero attached hydrogens (tertiary/aromatic N) is 4. The average molecular weight is 232 g/mol. The molecule has 0 aliphatic rings. The van der Waals surface area contributed by atoms with E-state index in [1.54, 1.807) is 19.1 Å². The van der Waals surface area contributed by atoms with E-state index in [-0.39, 0.29) is 0 Å². The highest BCUT2D eigenvalue weighted by atomic mass is 16.5. The predicted molar refractivity (Wildman–Crippen MR) is 59.8 cm³/mol. The molecule has 0 aliphatic heterocycles. The van der Waals surface area contributed by atoms with Crippen LogP contribution in [0.25, 0.3) is 5.82 Å². The number of ether oxygens (including phenoxy) is 1. The van der Waals surface area contributed by atoms with Gasteiger partial charge in [-0.2, -0.15) is 5.10 Å². The summed E-state index contributed by atoms with van der Waals surface area (Å²) in [4.78, 5) is 19.9. The molecule has 2 aromatic rings. The topological polar surface area (TPSA) is 69.9 Å². The Morgan fingerprint density at radius 2 is 2.29 bits per heavy atom. The number of carbonyl (C=O) groups is 1. The molecule has 0 aliphatic carbocycles. The van der Waals surface area contributed by atoms with Crippen LogP contribution in [-0.2, 0) is 4.74 Å². The van der Waals surface area contributed by atoms with E-state index in [0.717, 1.165) is 5.69 Å². The largest absolute Gasteiger partial charge is 0.462 e. The highest BCUT2D eigenvalue weighted by molar-refractivity contribution is 5.92. The lowest BCUT2D eigenvalue weighted by Gasteiger charge is -2.08. The first-order valence-corrected chi connectivity index (χ1v) is 5.22. The van der Waals surface area contributed by atoms with Crippen LogP contribution in [0.2, 0.25) is 0 Å². The van der Waals surface area contributed by atoms with Crippen molar-refractivity contribution in [2.75, 3.05) is 6.61 Å². The van der Waals surface area contributed by atoms with Crippen LogP contribution in [0.15, 0.2) is 24.8 Å². The Morgan fingerprint density at radius 1 is 1.47 bits per heavy atom. The smallest absolute Gasteiger partial charge is 0.341 e. The maximum absolute atomic E-state index is 11.7. The van der Waals surface area contributed by atoms with Crippen molar-refractivity contribution in [2.24, 2.45) is 0 Å². The zero-order valence-electron chi connectivity index (χ0n) is 9.62. The monoisotopic (exact) mass is 232 g/mol. The second-order valence-corrected chi connectivity index (χ2v) is 3.38. The Hall–Kier alpha value is -2.24. The van der Waals surface area contributed by atoms with E-state index in [4.69, 9.17) is 4.74 Å². The van der Waals surface area contributed by atoms with Gasteiger partial charge < -0.3 is 4.74 Å². The molecule has 88 valence electrons. The molecule has 6 nitrogen and oxygen atoms in total. The normalized spacial score (nSPS) is 10.2. The van der Waals surface area contributed by atoms with Gasteiger partial charge in [-0.3, -0.25) is 0 Å². The number of carbonyl (C=O) groups excluding carboxylic acids is 1. The SMILES string of the molecule is CCOC(=O)c1ccc(C)nc1-n1cncn1. The fourth-order valence-electron chi connectivity index (χ4n) is 1.40. The molecular formula is C11H12N4O2. The molecule has 2 aromatic heterocycles. The first-order chi connectivity index (χ1) is 8.22. The van der Waals surface area contributed by atoms with Crippen LogP contribution >= 0.6 is 0 Å². The maximum atomic E-state index is 11.7. The number of aromatic nitrogens is 4. The van der Waals surface area contributed by atoms with Crippen LogP contribution in [0, 0.1) is 6.92 Å². The van der Waals surface area contributed by atoms with Crippen LogP contribution < -0.4 is 0 Å². The van der Waals surface area contributed by atoms with Gasteiger partial charge in [-0.25, -0.2) is 19.4 Å². The minimum Gasteiger partial charge on any atom is -0.462 e. The van der Waals surface area contributed by atoms with Gasteiger partial charge in [-0.15, -0.1) is 0 Å². The zero-order chi connectivity index (χ0) is 12.3. The number of pyridine rings is 1. The summed E-state index contributed by atoms with van der Waals surface area (Å²) < 4.78 is 6.41. The van der Waals surface area contributed by atoms with Crippen molar-refractivity contribution in [3.05, 3.63) is 36.0 Å². The maximum Gasteiger partial charge on any atom is 0.341 e. The molecule has 17 heavy (non-hydrogen) atoms. The third kappa shape index (κ3) is 2.30. The molecule has 0 unspecified atom stereocenters. The van der Waals surface area contributed by atoms with Crippen molar-refractivity contribution < 1.29 is 9.53 Å². The molecule has 2 heterocycles. The van der Waals surface area contributed by atoms with Crippen molar-refractivity contribution in [3.8, 4) is 5.82 Å². The lowest BCUT2D eigenvalue weighted by atomic mass is 10.2. The first kappa shape index (κ1) is 11.3. The minimum atomic E-state index is -0.412. The fraction of sp³-hybridized carbons (Fsp3) is 0.273. The molecule has 0 saturated carbocycles. The summed E-state index contributed by atoms with van der Waals surface area (Å²) in [5.41, 5.74) is 1.17. The summed E-state index contributed by atoms with van der Waals surface area (Å²) >= 11 is 0. The van der Waals surface area contributed by atoms with Crippen LogP contribution in [-0.4, -0.2) is 32.3 Å². The third-order valence-electron chi connectivity index (χ3n) is 2.15. The number of hydrogen-bond acceptors (Lipinski definition) is 5. The summed E-state index contributed by atoms with van der Waals surface area (Å²) in [5.74, 6) is 0.0199. The summed E-state index contributed by atoms with van der Waals surface area (Å²) in [6, 6.07) is 3.43. The number of aryl methyl sites for hydroxylation is 1. The number of esters is 1. The van der Waals surface area contributed by atoms with Gasteiger partial charge in [-0.1, -0.05) is 0 Å². The first-order valence-electron chi connectivity index (χ1n) is 5.22. The van der Waals surface area contributed by atoms with E-state index in [1.807, 2.05) is 6.92 Å². The Kier molecular flexibility index (Phi) is 3.13. The van der Waals surface area contributed by atoms with Crippen molar-refractivity contribution in [1.29, 1.82) is 0 Å². The lowest BCUT2D eigenvalue weighted by molar-refractivity contribution is 0.0525. The predicted octanol–water partition coefficient (Wildman–Crippen LogP) is 1.15. The summed E-state index contributed by atoms with van der Waals surface area (Å²) in [6.45, 7) is 3.92. The van der Waals surface area contributed by atoms with Crippen molar-refractivity contribution in [2.45, 2.75) is 13.8 Å². The molecule has 6 heteroatoms. The molecule has 0 aromatic carbocycles. The number of hydrogen-bond donors (Lipinski definition) is 0. The van der Waals surface area contributed by atoms with E-state index in [2.05, 4.69) is 15.1 Å². The van der Waals surface area contributed by atoms with Crippen molar-refractivity contribution in [1.82, 2.24) is 19.7 Å². The molecule has 0 amide bonds. The average Bonchev–Trinajstić information content (AvgIpc) is 2.82. The van der Waals surface area contributed by atoms with E-state index < -0.39 is 5.97 Å². The van der Waals surface area contributed by atoms with Crippen molar-refractivity contribution >= 4 is 5.97 Å². The zero-order valence-corrected chi connectivity index (χ0v) is 9.62. The summed E-state index contributed by atoms with van der Waals surface area (Å²) in [7, 11) is 0. The third-order valence-corrected chi connectivity index (χ3v) is 2.15. The highest BCUT2D eigenvalue weighted by Gasteiger charge is 2.15. The quantitative estimate of drug-likeness (QED) is 0.742. The molecule has 2 rings (SSSR count). The Morgan fingerprint density at radius 3 is 2.94 bits per heavy atom. The second-order valence-electron chi connectivity index (χ2n) is 3.38. The Labute approximate surface area is 98.3 Å². The van der Waals surface area contributed by atoms with Gasteiger partial charge in [0.05, 0.1) is 6.61 Å². The van der Waals surface area contributed by atoms with Gasteiger partial charge in [0.25, 0.3) is 0 Å². The van der Waals surface area contributed by atoms with Crippen LogP contribution in [0.1, 0.15) is 23.0 Å². The molecule has 0 N–H and O–H groups in total. The summed E-state index contributed by atoms with van der Waals surface area (Å²) in [5, 5.41) is 3.97. The molecule has 0 saturated heterocycles. The fourth-order valence-corrected chi connectivity index (χ4v) is 1.40. The van der Waals surface area contributed by atoms with Crippen LogP contribution in [0.4, 0.5) is 0 Å². The van der Waals surface area contributed by atoms with Crippen LogP contribution in [0.5, 0.6) is 0 Å². The standard InChI is InChI=1S/C11H12N4O2/c1-3-17-11(16)9-5-4-8(2)14-10(9)15-7-12-6-13-15/h4-7H,3H2,1-2H3. The minimum absolute atomic E-state index is 0.323. The van der Waals surface area contributed by atoms with Gasteiger partial charge in [-0.05, 0) is 26.0 Å². The van der Waals surface area contributed by atoms with E-state index in [1.165, 1.54) is 17.3 Å². The molecular weight excluding hydrogens is 220 g/mol. The van der Waals surface area contributed by atoms with Gasteiger partial charge >= 0.3 is 5.97 Å². The molecule has 0 radical (unpaired) electrons. The van der Waals surface area contributed by atoms with Gasteiger partial charge in [0.1, 0.15) is 18.2 Å². The molecule has 0 fully saturated rings. The number of rotatable bonds is 3. The molecule has 0 bridgehead atoms. The molecule has 0 atom stereocenters. The summed E-state index contributed by atoms with van der Waals surface area (Å²) in [6.07, 6.45) is 2.88. The van der Waals surface area contributed by atoms with E-state index in [9.17, 15) is 4.79 Å². The highest BCUT2D eigenvalue weighted by Crippen LogP contribution is 2.13. The Balaban J connectivity index is 2.49. The van der Waals surface area contributed by atoms with E-state index in [0.29, 0.717) is 18.0 Å². The van der Waals surface area contributed by atoms with Crippen molar-refractivity contribution in [3.63, 3.8) is 0 Å². The van der Waals surface area contributed by atoms with Gasteiger partial charge in [0, 0.05) is 5.69 Å². The molecule has 0 spiro atoms. The second kappa shape index (κ2) is 4.73. The van der Waals surface area contributed by atoms with Crippen LogP contribution in [0.3, 0.4) is 0 Å². The lowest BCUT2D eigenvalue weighted by Crippen LogP contribution is -2.12. The van der Waals surface area contributed by atoms with Gasteiger partial charge in [0.2, 0.25) is 0 Å². The Bertz CT molecular complexity index is 522. The van der Waals surface area contributed by atoms with Gasteiger partial charge in [0.15, 0.2) is 5.82 Å². The van der Waals surface area contributed by atoms with E-state index >= 15 is 0 Å².